The number of carbonyl (C=O) groups is 4. The Bertz CT molecular complexity index is 341. The molecule has 2 aliphatic rings. The zero-order valence-corrected chi connectivity index (χ0v) is 8.62. The monoisotopic (exact) mass is 224 g/mol. The van der Waals surface area contributed by atoms with Gasteiger partial charge in [0.2, 0.25) is 23.6 Å². The van der Waals surface area contributed by atoms with Gasteiger partial charge in [-0.15, -0.1) is 0 Å². The summed E-state index contributed by atoms with van der Waals surface area (Å²) in [7, 11) is 0. The molecule has 2 N–H and O–H groups in total. The third-order valence-corrected chi connectivity index (χ3v) is 2.99. The van der Waals surface area contributed by atoms with Gasteiger partial charge < -0.3 is 0 Å². The first kappa shape index (κ1) is 10.8. The van der Waals surface area contributed by atoms with Gasteiger partial charge in [-0.25, -0.2) is 0 Å². The van der Waals surface area contributed by atoms with Crippen molar-refractivity contribution in [1.29, 1.82) is 0 Å². The molecule has 0 saturated carbocycles. The summed E-state index contributed by atoms with van der Waals surface area (Å²) in [6.45, 7) is 0. The van der Waals surface area contributed by atoms with E-state index < -0.39 is 0 Å². The zero-order valence-electron chi connectivity index (χ0n) is 8.62. The van der Waals surface area contributed by atoms with Crippen molar-refractivity contribution in [2.45, 2.75) is 25.7 Å². The molecule has 6 nitrogen and oxygen atoms in total. The third kappa shape index (κ3) is 2.10. The lowest BCUT2D eigenvalue weighted by Crippen LogP contribution is -2.24. The fourth-order valence-electron chi connectivity index (χ4n) is 2.08. The second kappa shape index (κ2) is 4.03. The zero-order chi connectivity index (χ0) is 11.7. The maximum absolute atomic E-state index is 11.2. The number of hydrogen-bond donors (Lipinski definition) is 2. The van der Waals surface area contributed by atoms with Crippen molar-refractivity contribution >= 4 is 23.6 Å². The van der Waals surface area contributed by atoms with E-state index in [1.54, 1.807) is 0 Å². The third-order valence-electron chi connectivity index (χ3n) is 2.99. The van der Waals surface area contributed by atoms with Gasteiger partial charge >= 0.3 is 0 Å². The number of amides is 4. The Kier molecular flexibility index (Phi) is 2.72. The highest BCUT2D eigenvalue weighted by Crippen LogP contribution is 2.23. The lowest BCUT2D eigenvalue weighted by atomic mass is 9.94. The van der Waals surface area contributed by atoms with Gasteiger partial charge in [-0.05, 0) is 12.8 Å². The molecule has 4 amide bonds. The molecule has 86 valence electrons. The molecule has 0 aromatic rings. The van der Waals surface area contributed by atoms with E-state index in [9.17, 15) is 19.2 Å². The van der Waals surface area contributed by atoms with Crippen LogP contribution < -0.4 is 10.6 Å². The summed E-state index contributed by atoms with van der Waals surface area (Å²) in [5.41, 5.74) is 0. The normalized spacial score (nSPS) is 29.5. The first-order chi connectivity index (χ1) is 7.56. The minimum absolute atomic E-state index is 0.196. The first-order valence-corrected chi connectivity index (χ1v) is 5.23. The molecule has 2 atom stereocenters. The second-order valence-electron chi connectivity index (χ2n) is 4.20. The predicted molar refractivity (Wildman–Crippen MR) is 51.7 cm³/mol. The van der Waals surface area contributed by atoms with E-state index in [1.807, 2.05) is 0 Å². The summed E-state index contributed by atoms with van der Waals surface area (Å²) >= 11 is 0. The Hall–Kier alpha value is -1.72. The van der Waals surface area contributed by atoms with Gasteiger partial charge in [0.05, 0.1) is 0 Å². The van der Waals surface area contributed by atoms with Crippen LogP contribution in [0.15, 0.2) is 0 Å². The smallest absolute Gasteiger partial charge is 0.230 e. The van der Waals surface area contributed by atoms with Crippen molar-refractivity contribution < 1.29 is 19.2 Å². The number of rotatable bonds is 3. The molecule has 6 heteroatoms. The van der Waals surface area contributed by atoms with Gasteiger partial charge in [-0.3, -0.25) is 29.8 Å². The molecule has 0 aliphatic carbocycles. The van der Waals surface area contributed by atoms with Crippen LogP contribution in [0.5, 0.6) is 0 Å². The molecule has 0 bridgehead atoms. The van der Waals surface area contributed by atoms with Crippen LogP contribution in [0.3, 0.4) is 0 Å². The summed E-state index contributed by atoms with van der Waals surface area (Å²) in [5, 5.41) is 4.43. The standard InChI is InChI=1S/C10H12N2O4/c13-7-3-5(9(15)11-7)1-2-6-4-8(14)12-10(6)16/h5-6H,1-4H2,(H,11,13,15)(H,12,14,16). The number of carbonyl (C=O) groups excluding carboxylic acids is 4. The van der Waals surface area contributed by atoms with Crippen molar-refractivity contribution in [1.82, 2.24) is 10.6 Å². The molecule has 0 aromatic heterocycles. The minimum atomic E-state index is -0.337. The molecule has 0 radical (unpaired) electrons. The molecule has 2 aliphatic heterocycles. The summed E-state index contributed by atoms with van der Waals surface area (Å²) in [6, 6.07) is 0. The van der Waals surface area contributed by atoms with Crippen LogP contribution in [0, 0.1) is 11.8 Å². The Morgan fingerprint density at radius 3 is 1.44 bits per heavy atom. The number of hydrogen-bond acceptors (Lipinski definition) is 4. The van der Waals surface area contributed by atoms with E-state index in [-0.39, 0.29) is 48.3 Å². The summed E-state index contributed by atoms with van der Waals surface area (Å²) in [4.78, 5) is 44.3. The molecule has 2 heterocycles. The van der Waals surface area contributed by atoms with Gasteiger partial charge in [0.15, 0.2) is 0 Å². The predicted octanol–water partition coefficient (Wildman–Crippen LogP) is -0.908. The average molecular weight is 224 g/mol. The first-order valence-electron chi connectivity index (χ1n) is 5.23. The summed E-state index contributed by atoms with van der Waals surface area (Å²) in [6.07, 6.45) is 1.34. The molecular formula is C10H12N2O4. The SMILES string of the molecule is O=C1CC(CCC2CC(=O)NC2=O)C(=O)N1. The van der Waals surface area contributed by atoms with E-state index in [4.69, 9.17) is 0 Å². The molecule has 16 heavy (non-hydrogen) atoms. The number of nitrogens with one attached hydrogen (secondary N) is 2. The quantitative estimate of drug-likeness (QED) is 0.607. The van der Waals surface area contributed by atoms with Crippen LogP contribution in [0.25, 0.3) is 0 Å². The lowest BCUT2D eigenvalue weighted by Gasteiger charge is -2.08. The Labute approximate surface area is 91.8 Å². The van der Waals surface area contributed by atoms with Crippen LogP contribution >= 0.6 is 0 Å². The lowest BCUT2D eigenvalue weighted by molar-refractivity contribution is -0.128. The topological polar surface area (TPSA) is 92.3 Å². The van der Waals surface area contributed by atoms with Gasteiger partial charge in [0.1, 0.15) is 0 Å². The average Bonchev–Trinajstić information content (AvgIpc) is 2.66. The van der Waals surface area contributed by atoms with Gasteiger partial charge in [0, 0.05) is 24.7 Å². The molecule has 2 unspecified atom stereocenters. The Morgan fingerprint density at radius 1 is 0.812 bits per heavy atom. The van der Waals surface area contributed by atoms with Gasteiger partial charge in [-0.2, -0.15) is 0 Å². The van der Waals surface area contributed by atoms with E-state index in [1.165, 1.54) is 0 Å². The fraction of sp³-hybridized carbons (Fsp3) is 0.600. The van der Waals surface area contributed by atoms with E-state index in [0.717, 1.165) is 0 Å². The van der Waals surface area contributed by atoms with Crippen molar-refractivity contribution in [2.75, 3.05) is 0 Å². The minimum Gasteiger partial charge on any atom is -0.296 e. The van der Waals surface area contributed by atoms with Crippen molar-refractivity contribution in [3.8, 4) is 0 Å². The molecule has 2 rings (SSSR count). The fourth-order valence-corrected chi connectivity index (χ4v) is 2.08. The van der Waals surface area contributed by atoms with Crippen LogP contribution in [0.2, 0.25) is 0 Å². The Balaban J connectivity index is 1.84. The number of imide groups is 2. The summed E-state index contributed by atoms with van der Waals surface area (Å²) in [5.74, 6) is -1.74. The van der Waals surface area contributed by atoms with Crippen LogP contribution in [-0.2, 0) is 19.2 Å². The maximum Gasteiger partial charge on any atom is 0.230 e. The largest absolute Gasteiger partial charge is 0.296 e. The highest BCUT2D eigenvalue weighted by atomic mass is 16.2. The van der Waals surface area contributed by atoms with Crippen LogP contribution in [0.1, 0.15) is 25.7 Å². The highest BCUT2D eigenvalue weighted by molar-refractivity contribution is 6.04. The molecule has 0 aromatic carbocycles. The van der Waals surface area contributed by atoms with Crippen molar-refractivity contribution in [3.63, 3.8) is 0 Å². The molecular weight excluding hydrogens is 212 g/mol. The van der Waals surface area contributed by atoms with E-state index >= 15 is 0 Å². The van der Waals surface area contributed by atoms with Crippen molar-refractivity contribution in [2.24, 2.45) is 11.8 Å². The van der Waals surface area contributed by atoms with Crippen molar-refractivity contribution in [3.05, 3.63) is 0 Å². The second-order valence-corrected chi connectivity index (χ2v) is 4.20. The molecule has 0 spiro atoms. The van der Waals surface area contributed by atoms with E-state index in [2.05, 4.69) is 10.6 Å². The Morgan fingerprint density at radius 2 is 1.19 bits per heavy atom. The van der Waals surface area contributed by atoms with Crippen LogP contribution in [0.4, 0.5) is 0 Å². The highest BCUT2D eigenvalue weighted by Gasteiger charge is 2.34. The maximum atomic E-state index is 11.2. The van der Waals surface area contributed by atoms with Gasteiger partial charge in [-0.1, -0.05) is 0 Å². The van der Waals surface area contributed by atoms with Crippen LogP contribution in [-0.4, -0.2) is 23.6 Å². The molecule has 2 saturated heterocycles. The molecule has 2 fully saturated rings. The van der Waals surface area contributed by atoms with Gasteiger partial charge in [0.25, 0.3) is 0 Å². The summed E-state index contributed by atoms with van der Waals surface area (Å²) < 4.78 is 0. The van der Waals surface area contributed by atoms with E-state index in [0.29, 0.717) is 12.8 Å².